The van der Waals surface area contributed by atoms with E-state index in [0.717, 1.165) is 0 Å². The molecule has 3 aromatic carbocycles. The number of hydrogen-bond donors (Lipinski definition) is 1. The number of carbonyl (C=O) groups excluding carboxylic acids is 1. The highest BCUT2D eigenvalue weighted by molar-refractivity contribution is 6.42. The van der Waals surface area contributed by atoms with Crippen LogP contribution in [0.1, 0.15) is 11.1 Å². The Morgan fingerprint density at radius 2 is 1.87 bits per heavy atom. The second kappa shape index (κ2) is 9.93. The third-order valence-electron chi connectivity index (χ3n) is 4.01. The summed E-state index contributed by atoms with van der Waals surface area (Å²) in [6.07, 6.45) is 1.45. The molecule has 150 valence electrons. The molecular formula is C23H15Cl2FN2O2. The highest BCUT2D eigenvalue weighted by Crippen LogP contribution is 2.25. The van der Waals surface area contributed by atoms with E-state index < -0.39 is 5.91 Å². The normalized spacial score (nSPS) is 10.9. The van der Waals surface area contributed by atoms with E-state index in [1.54, 1.807) is 48.5 Å². The molecule has 0 spiro atoms. The zero-order chi connectivity index (χ0) is 21.5. The monoisotopic (exact) mass is 440 g/mol. The zero-order valence-electron chi connectivity index (χ0n) is 15.5. The number of halogens is 3. The number of carbonyl (C=O) groups is 1. The summed E-state index contributed by atoms with van der Waals surface area (Å²) >= 11 is 11.8. The molecule has 0 aliphatic rings. The Kier molecular flexibility index (Phi) is 7.08. The number of nitrogens with zero attached hydrogens (tertiary/aromatic N) is 1. The van der Waals surface area contributed by atoms with Gasteiger partial charge in [0.25, 0.3) is 5.91 Å². The Labute approximate surface area is 183 Å². The summed E-state index contributed by atoms with van der Waals surface area (Å²) in [5, 5.41) is 12.7. The molecular weight excluding hydrogens is 426 g/mol. The van der Waals surface area contributed by atoms with E-state index in [4.69, 9.17) is 27.9 Å². The fourth-order valence-electron chi connectivity index (χ4n) is 2.58. The lowest BCUT2D eigenvalue weighted by Crippen LogP contribution is -2.13. The average Bonchev–Trinajstić information content (AvgIpc) is 2.73. The van der Waals surface area contributed by atoms with E-state index in [1.165, 1.54) is 24.3 Å². The minimum atomic E-state index is -0.582. The third kappa shape index (κ3) is 5.84. The predicted molar refractivity (Wildman–Crippen MR) is 116 cm³/mol. The first kappa shape index (κ1) is 21.4. The molecule has 0 fully saturated rings. The summed E-state index contributed by atoms with van der Waals surface area (Å²) in [5.74, 6) is -0.392. The molecule has 7 heteroatoms. The molecule has 4 nitrogen and oxygen atoms in total. The predicted octanol–water partition coefficient (Wildman–Crippen LogP) is 6.26. The highest BCUT2D eigenvalue weighted by atomic mass is 35.5. The van der Waals surface area contributed by atoms with Gasteiger partial charge in [-0.25, -0.2) is 4.39 Å². The largest absolute Gasteiger partial charge is 0.489 e. The van der Waals surface area contributed by atoms with Crippen molar-refractivity contribution in [2.45, 2.75) is 6.61 Å². The number of hydrogen-bond acceptors (Lipinski definition) is 3. The van der Waals surface area contributed by atoms with Gasteiger partial charge < -0.3 is 10.1 Å². The number of ether oxygens (including phenoxy) is 1. The molecule has 3 rings (SSSR count). The van der Waals surface area contributed by atoms with Crippen LogP contribution >= 0.6 is 23.2 Å². The van der Waals surface area contributed by atoms with Gasteiger partial charge in [-0.15, -0.1) is 0 Å². The summed E-state index contributed by atoms with van der Waals surface area (Å²) in [6, 6.07) is 19.5. The number of nitriles is 1. The molecule has 0 heterocycles. The molecule has 0 saturated heterocycles. The van der Waals surface area contributed by atoms with Crippen LogP contribution in [0.2, 0.25) is 10.0 Å². The van der Waals surface area contributed by atoms with E-state index in [2.05, 4.69) is 5.32 Å². The molecule has 1 amide bonds. The van der Waals surface area contributed by atoms with Gasteiger partial charge in [-0.05, 0) is 59.7 Å². The summed E-state index contributed by atoms with van der Waals surface area (Å²) in [5.41, 5.74) is 1.62. The van der Waals surface area contributed by atoms with E-state index in [0.29, 0.717) is 32.6 Å². The second-order valence-corrected chi connectivity index (χ2v) is 7.06. The molecule has 0 unspecified atom stereocenters. The lowest BCUT2D eigenvalue weighted by Gasteiger charge is -2.08. The van der Waals surface area contributed by atoms with Gasteiger partial charge in [-0.1, -0.05) is 47.5 Å². The molecule has 0 aromatic heterocycles. The third-order valence-corrected chi connectivity index (χ3v) is 4.75. The van der Waals surface area contributed by atoms with Crippen molar-refractivity contribution in [1.82, 2.24) is 0 Å². The Hall–Kier alpha value is -3.33. The molecule has 3 aromatic rings. The molecule has 0 aliphatic carbocycles. The van der Waals surface area contributed by atoms with E-state index in [9.17, 15) is 14.4 Å². The quantitative estimate of drug-likeness (QED) is 0.363. The Morgan fingerprint density at radius 1 is 1.07 bits per heavy atom. The Bertz CT molecular complexity index is 1160. The summed E-state index contributed by atoms with van der Waals surface area (Å²) in [6.45, 7) is 0.188. The smallest absolute Gasteiger partial charge is 0.266 e. The maximum absolute atomic E-state index is 13.3. The summed E-state index contributed by atoms with van der Waals surface area (Å²) < 4.78 is 18.9. The van der Waals surface area contributed by atoms with Gasteiger partial charge in [-0.2, -0.15) is 5.26 Å². The van der Waals surface area contributed by atoms with Crippen LogP contribution in [-0.4, -0.2) is 5.91 Å². The lowest BCUT2D eigenvalue weighted by atomic mass is 10.1. The standard InChI is InChI=1S/C23H15Cl2FN2O2/c24-21-8-7-19(12-22(21)25)28-23(29)17(13-27)9-15-3-2-6-20(11-15)30-14-16-4-1-5-18(26)10-16/h1-12H,14H2,(H,28,29)/b17-9-. The van der Waals surface area contributed by atoms with Crippen LogP contribution in [0.5, 0.6) is 5.75 Å². The van der Waals surface area contributed by atoms with Crippen molar-refractivity contribution in [3.63, 3.8) is 0 Å². The molecule has 0 atom stereocenters. The molecule has 0 saturated carbocycles. The van der Waals surface area contributed by atoms with Crippen molar-refractivity contribution in [3.8, 4) is 11.8 Å². The first-order chi connectivity index (χ1) is 14.4. The van der Waals surface area contributed by atoms with E-state index >= 15 is 0 Å². The van der Waals surface area contributed by atoms with Crippen molar-refractivity contribution in [2.24, 2.45) is 0 Å². The zero-order valence-corrected chi connectivity index (χ0v) is 17.0. The number of nitrogens with one attached hydrogen (secondary N) is 1. The minimum Gasteiger partial charge on any atom is -0.489 e. The van der Waals surface area contributed by atoms with Gasteiger partial charge in [0.15, 0.2) is 0 Å². The Balaban J connectivity index is 1.72. The van der Waals surface area contributed by atoms with Crippen LogP contribution in [0.4, 0.5) is 10.1 Å². The highest BCUT2D eigenvalue weighted by Gasteiger charge is 2.11. The van der Waals surface area contributed by atoms with Gasteiger partial charge in [0, 0.05) is 5.69 Å². The van der Waals surface area contributed by atoms with Gasteiger partial charge >= 0.3 is 0 Å². The van der Waals surface area contributed by atoms with Gasteiger partial charge in [-0.3, -0.25) is 4.79 Å². The first-order valence-electron chi connectivity index (χ1n) is 8.80. The summed E-state index contributed by atoms with van der Waals surface area (Å²) in [7, 11) is 0. The topological polar surface area (TPSA) is 62.1 Å². The number of benzene rings is 3. The van der Waals surface area contributed by atoms with Gasteiger partial charge in [0.2, 0.25) is 0 Å². The van der Waals surface area contributed by atoms with Crippen LogP contribution in [0.3, 0.4) is 0 Å². The van der Waals surface area contributed by atoms with Crippen LogP contribution in [0.15, 0.2) is 72.3 Å². The fraction of sp³-hybridized carbons (Fsp3) is 0.0435. The number of rotatable bonds is 6. The maximum atomic E-state index is 13.3. The van der Waals surface area contributed by atoms with Crippen molar-refractivity contribution in [1.29, 1.82) is 5.26 Å². The van der Waals surface area contributed by atoms with E-state index in [-0.39, 0.29) is 18.0 Å². The number of anilines is 1. The van der Waals surface area contributed by atoms with Crippen LogP contribution in [0.25, 0.3) is 6.08 Å². The molecule has 0 radical (unpaired) electrons. The second-order valence-electron chi connectivity index (χ2n) is 6.24. The molecule has 0 bridgehead atoms. The van der Waals surface area contributed by atoms with Crippen molar-refractivity contribution in [2.75, 3.05) is 5.32 Å². The van der Waals surface area contributed by atoms with Crippen LogP contribution < -0.4 is 10.1 Å². The first-order valence-corrected chi connectivity index (χ1v) is 9.56. The minimum absolute atomic E-state index is 0.0941. The summed E-state index contributed by atoms with van der Waals surface area (Å²) in [4.78, 5) is 12.4. The van der Waals surface area contributed by atoms with Gasteiger partial charge in [0.05, 0.1) is 10.0 Å². The van der Waals surface area contributed by atoms with Crippen LogP contribution in [0, 0.1) is 17.1 Å². The number of amides is 1. The molecule has 30 heavy (non-hydrogen) atoms. The SMILES string of the molecule is N#C/C(=C/c1cccc(OCc2cccc(F)c2)c1)C(=O)Nc1ccc(Cl)c(Cl)c1. The van der Waals surface area contributed by atoms with Crippen molar-refractivity contribution in [3.05, 3.63) is 99.3 Å². The van der Waals surface area contributed by atoms with Crippen molar-refractivity contribution < 1.29 is 13.9 Å². The van der Waals surface area contributed by atoms with E-state index in [1.807, 2.05) is 6.07 Å². The maximum Gasteiger partial charge on any atom is 0.266 e. The van der Waals surface area contributed by atoms with Gasteiger partial charge in [0.1, 0.15) is 29.8 Å². The molecule has 0 aliphatic heterocycles. The fourth-order valence-corrected chi connectivity index (χ4v) is 2.87. The Morgan fingerprint density at radius 3 is 2.60 bits per heavy atom. The lowest BCUT2D eigenvalue weighted by molar-refractivity contribution is -0.112. The molecule has 1 N–H and O–H groups in total. The average molecular weight is 441 g/mol. The van der Waals surface area contributed by atoms with Crippen LogP contribution in [-0.2, 0) is 11.4 Å². The van der Waals surface area contributed by atoms with Crippen molar-refractivity contribution >= 4 is 40.9 Å².